The average Bonchev–Trinajstić information content (AvgIpc) is 3.16. The van der Waals surface area contributed by atoms with Crippen molar-refractivity contribution in [1.29, 1.82) is 0 Å². The van der Waals surface area contributed by atoms with Crippen molar-refractivity contribution in [2.24, 2.45) is 0 Å². The fourth-order valence-corrected chi connectivity index (χ4v) is 2.74. The normalized spacial score (nSPS) is 12.5. The van der Waals surface area contributed by atoms with E-state index in [2.05, 4.69) is 19.9 Å². The lowest BCUT2D eigenvalue weighted by atomic mass is 10.1. The molecule has 0 amide bonds. The van der Waals surface area contributed by atoms with Crippen LogP contribution in [-0.4, -0.2) is 29.7 Å². The van der Waals surface area contributed by atoms with E-state index < -0.39 is 6.10 Å². The minimum atomic E-state index is -0.819. The summed E-state index contributed by atoms with van der Waals surface area (Å²) in [6.45, 7) is 1.99. The molecule has 0 aliphatic rings. The smallest absolute Gasteiger partial charge is 0.135 e. The van der Waals surface area contributed by atoms with Gasteiger partial charge in [-0.15, -0.1) is 10.2 Å². The number of aromatic nitrogens is 5. The van der Waals surface area contributed by atoms with Crippen LogP contribution in [0.1, 0.15) is 29.3 Å². The van der Waals surface area contributed by atoms with Crippen molar-refractivity contribution < 1.29 is 5.11 Å². The zero-order valence-electron chi connectivity index (χ0n) is 10.8. The fourth-order valence-electron chi connectivity index (χ4n) is 2.00. The first-order valence-electron chi connectivity index (χ1n) is 6.26. The third-order valence-corrected chi connectivity index (χ3v) is 3.84. The summed E-state index contributed by atoms with van der Waals surface area (Å²) in [7, 11) is 0. The number of rotatable bonds is 4. The van der Waals surface area contributed by atoms with Crippen molar-refractivity contribution in [2.45, 2.75) is 19.4 Å². The molecule has 1 unspecified atom stereocenters. The molecule has 0 saturated heterocycles. The minimum Gasteiger partial charge on any atom is -0.381 e. The molecule has 2 heterocycles. The Morgan fingerprint density at radius 1 is 1.30 bits per heavy atom. The molecule has 0 aliphatic heterocycles. The Balaban J connectivity index is 2.02. The third-order valence-electron chi connectivity index (χ3n) is 3.02. The monoisotopic (exact) mass is 287 g/mol. The summed E-state index contributed by atoms with van der Waals surface area (Å²) < 4.78 is 5.54. The number of benzene rings is 1. The van der Waals surface area contributed by atoms with Crippen LogP contribution in [0.25, 0.3) is 5.69 Å². The molecule has 0 bridgehead atoms. The highest BCUT2D eigenvalue weighted by Crippen LogP contribution is 2.27. The minimum absolute atomic E-state index is 0.608. The largest absolute Gasteiger partial charge is 0.381 e. The Labute approximate surface area is 119 Å². The number of aryl methyl sites for hydroxylation is 1. The summed E-state index contributed by atoms with van der Waals surface area (Å²) in [5.74, 6) is 0. The molecule has 1 atom stereocenters. The molecule has 7 heteroatoms. The quantitative estimate of drug-likeness (QED) is 0.791. The van der Waals surface area contributed by atoms with E-state index >= 15 is 0 Å². The molecule has 20 heavy (non-hydrogen) atoms. The van der Waals surface area contributed by atoms with Crippen molar-refractivity contribution in [3.63, 3.8) is 0 Å². The van der Waals surface area contributed by atoms with E-state index in [1.165, 1.54) is 11.5 Å². The highest BCUT2D eigenvalue weighted by atomic mass is 32.1. The van der Waals surface area contributed by atoms with Gasteiger partial charge in [0.15, 0.2) is 0 Å². The lowest BCUT2D eigenvalue weighted by molar-refractivity contribution is 0.214. The molecule has 1 aromatic carbocycles. The van der Waals surface area contributed by atoms with Gasteiger partial charge in [-0.25, -0.2) is 4.68 Å². The number of aliphatic hydroxyl groups is 1. The molecule has 102 valence electrons. The second-order valence-electron chi connectivity index (χ2n) is 4.25. The highest BCUT2D eigenvalue weighted by molar-refractivity contribution is 7.05. The van der Waals surface area contributed by atoms with Crippen LogP contribution < -0.4 is 0 Å². The van der Waals surface area contributed by atoms with Crippen molar-refractivity contribution in [1.82, 2.24) is 24.6 Å². The van der Waals surface area contributed by atoms with Gasteiger partial charge in [-0.2, -0.15) is 0 Å². The van der Waals surface area contributed by atoms with Gasteiger partial charge in [0.25, 0.3) is 0 Å². The van der Waals surface area contributed by atoms with Crippen LogP contribution in [0.5, 0.6) is 0 Å². The van der Waals surface area contributed by atoms with Crippen LogP contribution in [-0.2, 0) is 6.42 Å². The van der Waals surface area contributed by atoms with Crippen molar-refractivity contribution in [3.05, 3.63) is 52.8 Å². The summed E-state index contributed by atoms with van der Waals surface area (Å²) >= 11 is 1.20. The van der Waals surface area contributed by atoms with Gasteiger partial charge in [0.1, 0.15) is 6.10 Å². The molecule has 0 fully saturated rings. The maximum atomic E-state index is 10.6. The maximum absolute atomic E-state index is 10.6. The number of aliphatic hydroxyl groups excluding tert-OH is 1. The summed E-state index contributed by atoms with van der Waals surface area (Å²) in [6, 6.07) is 9.59. The standard InChI is InChI=1S/C13H13N5OS/c1-2-10-13(20-17-15-10)12(19)11-8-14-16-18(11)9-6-4-3-5-7-9/h3-8,12,19H,2H2,1H3. The van der Waals surface area contributed by atoms with E-state index in [1.54, 1.807) is 10.9 Å². The van der Waals surface area contributed by atoms with E-state index in [9.17, 15) is 5.11 Å². The van der Waals surface area contributed by atoms with Crippen LogP contribution in [0.2, 0.25) is 0 Å². The van der Waals surface area contributed by atoms with Crippen LogP contribution in [0.15, 0.2) is 36.5 Å². The second-order valence-corrected chi connectivity index (χ2v) is 5.03. The van der Waals surface area contributed by atoms with Gasteiger partial charge >= 0.3 is 0 Å². The second kappa shape index (κ2) is 5.48. The van der Waals surface area contributed by atoms with Crippen molar-refractivity contribution >= 4 is 11.5 Å². The molecular weight excluding hydrogens is 274 g/mol. The van der Waals surface area contributed by atoms with Crippen molar-refractivity contribution in [2.75, 3.05) is 0 Å². The highest BCUT2D eigenvalue weighted by Gasteiger charge is 2.22. The molecule has 0 radical (unpaired) electrons. The average molecular weight is 287 g/mol. The van der Waals surface area contributed by atoms with E-state index in [1.807, 2.05) is 37.3 Å². The Morgan fingerprint density at radius 3 is 2.85 bits per heavy atom. The van der Waals surface area contributed by atoms with Gasteiger partial charge in [-0.1, -0.05) is 34.8 Å². The number of nitrogens with zero attached hydrogens (tertiary/aromatic N) is 5. The zero-order chi connectivity index (χ0) is 13.9. The van der Waals surface area contributed by atoms with Crippen molar-refractivity contribution in [3.8, 4) is 5.69 Å². The van der Waals surface area contributed by atoms with Gasteiger partial charge in [-0.05, 0) is 30.1 Å². The molecule has 6 nitrogen and oxygen atoms in total. The molecular formula is C13H13N5OS. The summed E-state index contributed by atoms with van der Waals surface area (Å²) in [5, 5.41) is 22.5. The molecule has 3 aromatic rings. The van der Waals surface area contributed by atoms with E-state index in [0.717, 1.165) is 22.7 Å². The van der Waals surface area contributed by atoms with Gasteiger partial charge in [0.05, 0.1) is 28.1 Å². The van der Waals surface area contributed by atoms with Crippen LogP contribution >= 0.6 is 11.5 Å². The van der Waals surface area contributed by atoms with Crippen LogP contribution in [0, 0.1) is 0 Å². The summed E-state index contributed by atoms with van der Waals surface area (Å²) in [4.78, 5) is 0.743. The van der Waals surface area contributed by atoms with E-state index in [0.29, 0.717) is 5.69 Å². The summed E-state index contributed by atoms with van der Waals surface area (Å²) in [5.41, 5.74) is 2.27. The number of hydrogen-bond donors (Lipinski definition) is 1. The Bertz CT molecular complexity index is 694. The maximum Gasteiger partial charge on any atom is 0.135 e. The third kappa shape index (κ3) is 2.21. The first-order chi connectivity index (χ1) is 9.81. The van der Waals surface area contributed by atoms with Crippen LogP contribution in [0.4, 0.5) is 0 Å². The van der Waals surface area contributed by atoms with E-state index in [4.69, 9.17) is 0 Å². The van der Waals surface area contributed by atoms with Gasteiger partial charge in [0.2, 0.25) is 0 Å². The molecule has 1 N–H and O–H groups in total. The predicted octanol–water partition coefficient (Wildman–Crippen LogP) is 1.76. The molecule has 0 spiro atoms. The van der Waals surface area contributed by atoms with Gasteiger partial charge < -0.3 is 5.11 Å². The Hall–Kier alpha value is -2.12. The van der Waals surface area contributed by atoms with Gasteiger partial charge in [0, 0.05) is 0 Å². The number of hydrogen-bond acceptors (Lipinski definition) is 6. The fraction of sp³-hybridized carbons (Fsp3) is 0.231. The topological polar surface area (TPSA) is 76.7 Å². The molecule has 2 aromatic heterocycles. The predicted molar refractivity (Wildman–Crippen MR) is 74.7 cm³/mol. The summed E-state index contributed by atoms with van der Waals surface area (Å²) in [6.07, 6.45) is 1.48. The molecule has 3 rings (SSSR count). The lowest BCUT2D eigenvalue weighted by Crippen LogP contribution is -2.09. The molecule has 0 aliphatic carbocycles. The number of para-hydroxylation sites is 1. The Morgan fingerprint density at radius 2 is 2.10 bits per heavy atom. The molecule has 0 saturated carbocycles. The lowest BCUT2D eigenvalue weighted by Gasteiger charge is -2.11. The van der Waals surface area contributed by atoms with E-state index in [-0.39, 0.29) is 0 Å². The first kappa shape index (κ1) is 12.9. The first-order valence-corrected chi connectivity index (χ1v) is 7.03. The van der Waals surface area contributed by atoms with Crippen LogP contribution in [0.3, 0.4) is 0 Å². The SMILES string of the molecule is CCc1nnsc1C(O)c1cnnn1-c1ccccc1. The van der Waals surface area contributed by atoms with Gasteiger partial charge in [-0.3, -0.25) is 0 Å². The zero-order valence-corrected chi connectivity index (χ0v) is 11.7. The Kier molecular flexibility index (Phi) is 3.53.